The van der Waals surface area contributed by atoms with Gasteiger partial charge in [0.1, 0.15) is 0 Å². The minimum Gasteiger partial charge on any atom is -0.294 e. The van der Waals surface area contributed by atoms with Crippen LogP contribution in [0, 0.1) is 12.1 Å². The molecular formula is C33H14O2Y2-2. The SMILES string of the molecule is O=C1CC(=O)c2ccc3c4ccc5c6cc[c-]c7[c-]ccc(c8ccc(c9ccc1c2c93)c4c85)c76.[Y].[Y]. The number of benzene rings is 8. The Morgan fingerprint density at radius 1 is 0.432 bits per heavy atom. The van der Waals surface area contributed by atoms with Gasteiger partial charge < -0.3 is 0 Å². The largest absolute Gasteiger partial charge is 0.294 e. The second kappa shape index (κ2) is 8.07. The minimum atomic E-state index is -0.0828. The summed E-state index contributed by atoms with van der Waals surface area (Å²) in [5.74, 6) is -0.166. The molecule has 0 saturated heterocycles. The molecule has 2 nitrogen and oxygen atoms in total. The monoisotopic (exact) mass is 620 g/mol. The van der Waals surface area contributed by atoms with E-state index in [0.29, 0.717) is 11.1 Å². The molecule has 0 spiro atoms. The van der Waals surface area contributed by atoms with E-state index in [-0.39, 0.29) is 83.4 Å². The Hall–Kier alpha value is -2.35. The Balaban J connectivity index is 0.00000116. The zero-order valence-electron chi connectivity index (χ0n) is 19.6. The summed E-state index contributed by atoms with van der Waals surface area (Å²) in [5.41, 5.74) is 1.34. The molecule has 0 N–H and O–H groups in total. The molecule has 0 unspecified atom stereocenters. The van der Waals surface area contributed by atoms with Gasteiger partial charge >= 0.3 is 0 Å². The molecule has 1 aliphatic carbocycles. The number of rotatable bonds is 0. The quantitative estimate of drug-likeness (QED) is 0.0746. The number of carbonyl (C=O) groups excluding carboxylic acids is 2. The zero-order valence-corrected chi connectivity index (χ0v) is 25.3. The van der Waals surface area contributed by atoms with Crippen LogP contribution in [0.2, 0.25) is 0 Å². The molecular weight excluding hydrogens is 606 g/mol. The maximum atomic E-state index is 12.8. The van der Waals surface area contributed by atoms with Gasteiger partial charge in [0.25, 0.3) is 0 Å². The van der Waals surface area contributed by atoms with Crippen LogP contribution < -0.4 is 0 Å². The molecule has 0 amide bonds. The first-order chi connectivity index (χ1) is 17.2. The third-order valence-corrected chi connectivity index (χ3v) is 8.15. The molecule has 0 aliphatic heterocycles. The number of Topliss-reactive ketones (excluding diaryl/α,β-unsaturated/α-hetero) is 2. The first-order valence-corrected chi connectivity index (χ1v) is 11.8. The molecule has 8 aromatic carbocycles. The Morgan fingerprint density at radius 3 is 1.22 bits per heavy atom. The van der Waals surface area contributed by atoms with E-state index in [4.69, 9.17) is 0 Å². The van der Waals surface area contributed by atoms with Gasteiger partial charge in [-0.25, -0.2) is 12.1 Å². The predicted molar refractivity (Wildman–Crippen MR) is 142 cm³/mol. The van der Waals surface area contributed by atoms with Crippen LogP contribution in [-0.2, 0) is 65.4 Å². The topological polar surface area (TPSA) is 34.1 Å². The van der Waals surface area contributed by atoms with Crippen molar-refractivity contribution in [2.45, 2.75) is 6.42 Å². The molecule has 0 saturated carbocycles. The molecule has 0 bridgehead atoms. The summed E-state index contributed by atoms with van der Waals surface area (Å²) in [5, 5.41) is 16.0. The van der Waals surface area contributed by atoms with Crippen molar-refractivity contribution in [1.82, 2.24) is 0 Å². The third-order valence-electron chi connectivity index (χ3n) is 8.15. The van der Waals surface area contributed by atoms with Gasteiger partial charge in [0.05, 0.1) is 6.42 Å². The van der Waals surface area contributed by atoms with E-state index in [9.17, 15) is 9.59 Å². The molecule has 2 radical (unpaired) electrons. The summed E-state index contributed by atoms with van der Waals surface area (Å²) >= 11 is 0. The van der Waals surface area contributed by atoms with Gasteiger partial charge in [0, 0.05) is 81.9 Å². The van der Waals surface area contributed by atoms with Crippen molar-refractivity contribution >= 4 is 87.0 Å². The summed E-state index contributed by atoms with van der Waals surface area (Å²) in [6.07, 6.45) is -0.0422. The summed E-state index contributed by atoms with van der Waals surface area (Å²) in [4.78, 5) is 25.5. The van der Waals surface area contributed by atoms with Crippen LogP contribution in [0.3, 0.4) is 0 Å². The molecule has 0 aromatic heterocycles. The summed E-state index contributed by atoms with van der Waals surface area (Å²) in [7, 11) is 0. The predicted octanol–water partition coefficient (Wildman–Crippen LogP) is 8.00. The number of fused-ring (bicyclic) bond motifs is 4. The van der Waals surface area contributed by atoms with Crippen molar-refractivity contribution in [3.63, 3.8) is 0 Å². The van der Waals surface area contributed by atoms with E-state index in [1.807, 2.05) is 24.3 Å². The van der Waals surface area contributed by atoms with Crippen LogP contribution in [0.1, 0.15) is 27.1 Å². The van der Waals surface area contributed by atoms with E-state index in [1.54, 1.807) is 0 Å². The fourth-order valence-corrected chi connectivity index (χ4v) is 6.77. The fourth-order valence-electron chi connectivity index (χ4n) is 6.77. The molecule has 1 aliphatic rings. The van der Waals surface area contributed by atoms with Crippen molar-refractivity contribution in [3.8, 4) is 0 Å². The van der Waals surface area contributed by atoms with E-state index in [1.165, 1.54) is 37.7 Å². The van der Waals surface area contributed by atoms with Gasteiger partial charge in [-0.05, 0) is 48.5 Å². The van der Waals surface area contributed by atoms with Gasteiger partial charge in [0.15, 0.2) is 11.6 Å². The molecule has 166 valence electrons. The number of ketones is 2. The minimum absolute atomic E-state index is 0. The maximum Gasteiger partial charge on any atom is 0.171 e. The van der Waals surface area contributed by atoms with Gasteiger partial charge in [-0.3, -0.25) is 27.1 Å². The van der Waals surface area contributed by atoms with Crippen LogP contribution in [0.15, 0.2) is 72.8 Å². The number of hydrogen-bond donors (Lipinski definition) is 0. The second-order valence-electron chi connectivity index (χ2n) is 9.70. The molecule has 0 atom stereocenters. The van der Waals surface area contributed by atoms with Crippen LogP contribution in [0.25, 0.3) is 75.4 Å². The summed E-state index contributed by atoms with van der Waals surface area (Å²) < 4.78 is 0. The normalized spacial score (nSPS) is 13.5. The number of hydrogen-bond acceptors (Lipinski definition) is 2. The van der Waals surface area contributed by atoms with Crippen LogP contribution in [-0.4, -0.2) is 11.6 Å². The van der Waals surface area contributed by atoms with E-state index in [2.05, 4.69) is 60.7 Å². The van der Waals surface area contributed by atoms with Gasteiger partial charge in [-0.2, -0.15) is 16.8 Å². The number of carbonyl (C=O) groups is 2. The molecule has 8 aromatic rings. The molecule has 0 fully saturated rings. The average Bonchev–Trinajstić information content (AvgIpc) is 2.89. The standard InChI is InChI=1S/C33H14O2.2Y/c34-27-15-28(35)26-14-12-24-22-10-8-20-18-6-2-4-16-3-1-5-17(29(16)18)19-7-9-21(31(22)30(19)20)23-11-13-25(27)33(26)32(23)24;;/h1-2,5-14H,15H2;;/q-2;;. The van der Waals surface area contributed by atoms with E-state index < -0.39 is 0 Å². The second-order valence-corrected chi connectivity index (χ2v) is 9.70. The third kappa shape index (κ3) is 2.80. The average molecular weight is 620 g/mol. The Kier molecular flexibility index (Phi) is 5.18. The van der Waals surface area contributed by atoms with Crippen LogP contribution >= 0.6 is 0 Å². The molecule has 37 heavy (non-hydrogen) atoms. The van der Waals surface area contributed by atoms with Crippen molar-refractivity contribution in [3.05, 3.63) is 96.1 Å². The van der Waals surface area contributed by atoms with E-state index in [0.717, 1.165) is 37.7 Å². The first-order valence-electron chi connectivity index (χ1n) is 11.8. The van der Waals surface area contributed by atoms with Crippen molar-refractivity contribution in [2.75, 3.05) is 0 Å². The zero-order chi connectivity index (χ0) is 23.0. The molecule has 0 heterocycles. The summed E-state index contributed by atoms with van der Waals surface area (Å²) in [6, 6.07) is 31.9. The van der Waals surface area contributed by atoms with E-state index >= 15 is 0 Å². The Labute approximate surface area is 261 Å². The summed E-state index contributed by atoms with van der Waals surface area (Å²) in [6.45, 7) is 0. The Morgan fingerprint density at radius 2 is 0.784 bits per heavy atom. The Bertz CT molecular complexity index is 2130. The smallest absolute Gasteiger partial charge is 0.171 e. The van der Waals surface area contributed by atoms with Crippen molar-refractivity contribution in [2.24, 2.45) is 0 Å². The van der Waals surface area contributed by atoms with Crippen molar-refractivity contribution in [1.29, 1.82) is 0 Å². The molecule has 4 heteroatoms. The van der Waals surface area contributed by atoms with Crippen LogP contribution in [0.5, 0.6) is 0 Å². The van der Waals surface area contributed by atoms with Gasteiger partial charge in [-0.1, -0.05) is 60.0 Å². The first kappa shape index (κ1) is 23.7. The van der Waals surface area contributed by atoms with Gasteiger partial charge in [-0.15, -0.1) is 0 Å². The maximum absolute atomic E-state index is 12.8. The fraction of sp³-hybridized carbons (Fsp3) is 0.0303. The van der Waals surface area contributed by atoms with Gasteiger partial charge in [0.2, 0.25) is 0 Å². The van der Waals surface area contributed by atoms with Crippen molar-refractivity contribution < 1.29 is 75.0 Å². The van der Waals surface area contributed by atoms with Crippen LogP contribution in [0.4, 0.5) is 0 Å². The molecule has 9 rings (SSSR count).